The van der Waals surface area contributed by atoms with Crippen molar-refractivity contribution in [2.45, 2.75) is 6.42 Å². The van der Waals surface area contributed by atoms with Gasteiger partial charge in [0.1, 0.15) is 5.02 Å². The van der Waals surface area contributed by atoms with E-state index in [-0.39, 0.29) is 18.9 Å². The van der Waals surface area contributed by atoms with E-state index in [1.54, 1.807) is 0 Å². The Morgan fingerprint density at radius 3 is 2.79 bits per heavy atom. The molecule has 0 amide bonds. The first-order valence-corrected chi connectivity index (χ1v) is 4.85. The van der Waals surface area contributed by atoms with Crippen molar-refractivity contribution in [2.24, 2.45) is 0 Å². The van der Waals surface area contributed by atoms with E-state index in [1.807, 2.05) is 0 Å². The van der Waals surface area contributed by atoms with E-state index in [0.29, 0.717) is 10.0 Å². The molecule has 0 fully saturated rings. The zero-order chi connectivity index (χ0) is 10.6. The summed E-state index contributed by atoms with van der Waals surface area (Å²) in [6, 6.07) is 1.51. The smallest absolute Gasteiger partial charge is 0.232 e. The standard InChI is InChI=1S/C8H6Cl3NO2/c9-5-3-6(10)8(12-4-5)14-2-1-7(11)13/h3-4H,1-2H2. The summed E-state index contributed by atoms with van der Waals surface area (Å²) in [6.45, 7) is 0.149. The van der Waals surface area contributed by atoms with Crippen LogP contribution in [0.2, 0.25) is 10.0 Å². The molecule has 0 aliphatic heterocycles. The van der Waals surface area contributed by atoms with Crippen molar-refractivity contribution in [3.8, 4) is 5.88 Å². The Morgan fingerprint density at radius 1 is 1.50 bits per heavy atom. The predicted molar refractivity (Wildman–Crippen MR) is 55.2 cm³/mol. The minimum absolute atomic E-state index is 0.113. The van der Waals surface area contributed by atoms with Crippen molar-refractivity contribution < 1.29 is 9.53 Å². The summed E-state index contributed by atoms with van der Waals surface area (Å²) in [4.78, 5) is 14.2. The molecule has 0 unspecified atom stereocenters. The summed E-state index contributed by atoms with van der Waals surface area (Å²) >= 11 is 16.5. The molecular weight excluding hydrogens is 248 g/mol. The van der Waals surface area contributed by atoms with E-state index in [0.717, 1.165) is 0 Å². The van der Waals surface area contributed by atoms with Crippen molar-refractivity contribution in [3.05, 3.63) is 22.3 Å². The third kappa shape index (κ3) is 3.70. The van der Waals surface area contributed by atoms with E-state index in [9.17, 15) is 4.79 Å². The second-order valence-corrected chi connectivity index (χ2v) is 3.66. The largest absolute Gasteiger partial charge is 0.476 e. The molecule has 0 N–H and O–H groups in total. The van der Waals surface area contributed by atoms with Gasteiger partial charge >= 0.3 is 0 Å². The molecule has 1 aromatic rings. The summed E-state index contributed by atoms with van der Waals surface area (Å²) in [6.07, 6.45) is 1.52. The Bertz CT molecular complexity index is 343. The van der Waals surface area contributed by atoms with Gasteiger partial charge in [-0.1, -0.05) is 23.2 Å². The highest BCUT2D eigenvalue weighted by molar-refractivity contribution is 6.63. The van der Waals surface area contributed by atoms with Crippen molar-refractivity contribution in [1.29, 1.82) is 0 Å². The van der Waals surface area contributed by atoms with E-state index >= 15 is 0 Å². The fraction of sp³-hybridized carbons (Fsp3) is 0.250. The van der Waals surface area contributed by atoms with Crippen molar-refractivity contribution in [3.63, 3.8) is 0 Å². The van der Waals surface area contributed by atoms with Gasteiger partial charge in [-0.3, -0.25) is 4.79 Å². The average Bonchev–Trinajstić information content (AvgIpc) is 2.08. The quantitative estimate of drug-likeness (QED) is 0.776. The number of pyridine rings is 1. The second kappa shape index (κ2) is 5.39. The molecule has 0 radical (unpaired) electrons. The molecule has 0 atom stereocenters. The van der Waals surface area contributed by atoms with Crippen LogP contribution in [0.3, 0.4) is 0 Å². The summed E-state index contributed by atoms with van der Waals surface area (Å²) in [5.41, 5.74) is 0. The average molecular weight is 254 g/mol. The zero-order valence-corrected chi connectivity index (χ0v) is 9.23. The predicted octanol–water partition coefficient (Wildman–Crippen LogP) is 2.92. The van der Waals surface area contributed by atoms with E-state index in [1.165, 1.54) is 12.3 Å². The molecule has 14 heavy (non-hydrogen) atoms. The maximum Gasteiger partial charge on any atom is 0.232 e. The summed E-state index contributed by atoms with van der Waals surface area (Å²) in [5, 5.41) is 0.269. The number of hydrogen-bond acceptors (Lipinski definition) is 3. The van der Waals surface area contributed by atoms with Crippen LogP contribution in [0.15, 0.2) is 12.3 Å². The topological polar surface area (TPSA) is 39.2 Å². The van der Waals surface area contributed by atoms with Gasteiger partial charge < -0.3 is 4.74 Å². The van der Waals surface area contributed by atoms with Crippen LogP contribution in [0.5, 0.6) is 5.88 Å². The number of carbonyl (C=O) groups excluding carboxylic acids is 1. The molecule has 76 valence electrons. The van der Waals surface area contributed by atoms with Crippen molar-refractivity contribution in [1.82, 2.24) is 4.98 Å². The lowest BCUT2D eigenvalue weighted by atomic mass is 10.4. The first-order chi connectivity index (χ1) is 6.59. The molecule has 3 nitrogen and oxygen atoms in total. The monoisotopic (exact) mass is 253 g/mol. The minimum atomic E-state index is -0.463. The molecular formula is C8H6Cl3NO2. The third-order valence-corrected chi connectivity index (χ3v) is 1.98. The van der Waals surface area contributed by atoms with Gasteiger partial charge in [0.25, 0.3) is 0 Å². The van der Waals surface area contributed by atoms with E-state index in [4.69, 9.17) is 39.5 Å². The molecule has 0 saturated carbocycles. The normalized spacial score (nSPS) is 9.93. The van der Waals surface area contributed by atoms with Crippen LogP contribution in [-0.2, 0) is 4.79 Å². The highest BCUT2D eigenvalue weighted by Crippen LogP contribution is 2.24. The van der Waals surface area contributed by atoms with Gasteiger partial charge in [-0.25, -0.2) is 4.98 Å². The van der Waals surface area contributed by atoms with Gasteiger partial charge in [0.05, 0.1) is 18.1 Å². The minimum Gasteiger partial charge on any atom is -0.476 e. The maximum absolute atomic E-state index is 10.4. The summed E-state index contributed by atoms with van der Waals surface area (Å²) < 4.78 is 5.10. The Kier molecular flexibility index (Phi) is 4.45. The van der Waals surface area contributed by atoms with Gasteiger partial charge in [-0.2, -0.15) is 0 Å². The molecule has 0 aliphatic rings. The Hall–Kier alpha value is -0.510. The highest BCUT2D eigenvalue weighted by Gasteiger charge is 2.04. The zero-order valence-electron chi connectivity index (χ0n) is 6.97. The number of hydrogen-bond donors (Lipinski definition) is 0. The number of aromatic nitrogens is 1. The number of carbonyl (C=O) groups is 1. The van der Waals surface area contributed by atoms with Crippen LogP contribution in [0, 0.1) is 0 Å². The number of rotatable bonds is 4. The summed E-state index contributed by atoms with van der Waals surface area (Å²) in [5.74, 6) is 0.244. The molecule has 0 saturated heterocycles. The molecule has 6 heteroatoms. The van der Waals surface area contributed by atoms with Crippen molar-refractivity contribution in [2.75, 3.05) is 6.61 Å². The fourth-order valence-corrected chi connectivity index (χ4v) is 1.25. The lowest BCUT2D eigenvalue weighted by molar-refractivity contribution is -0.112. The van der Waals surface area contributed by atoms with Gasteiger partial charge in [0.15, 0.2) is 0 Å². The number of halogens is 3. The SMILES string of the molecule is O=C(Cl)CCOc1ncc(Cl)cc1Cl. The van der Waals surface area contributed by atoms with Crippen LogP contribution >= 0.6 is 34.8 Å². The molecule has 0 aromatic carbocycles. The molecule has 1 heterocycles. The van der Waals surface area contributed by atoms with Gasteiger partial charge in [-0.05, 0) is 17.7 Å². The van der Waals surface area contributed by atoms with Crippen LogP contribution in [-0.4, -0.2) is 16.8 Å². The Labute approximate surface area is 95.9 Å². The Morgan fingerprint density at radius 2 is 2.21 bits per heavy atom. The van der Waals surface area contributed by atoms with Gasteiger partial charge in [0, 0.05) is 6.20 Å². The Balaban J connectivity index is 2.55. The van der Waals surface area contributed by atoms with Crippen LogP contribution < -0.4 is 4.74 Å². The molecule has 1 aromatic heterocycles. The second-order valence-electron chi connectivity index (χ2n) is 2.39. The number of nitrogens with zero attached hydrogens (tertiary/aromatic N) is 1. The number of ether oxygens (including phenoxy) is 1. The van der Waals surface area contributed by atoms with E-state index < -0.39 is 5.24 Å². The first-order valence-electron chi connectivity index (χ1n) is 3.72. The lowest BCUT2D eigenvalue weighted by Crippen LogP contribution is -2.02. The fourth-order valence-electron chi connectivity index (χ4n) is 0.736. The molecule has 0 aliphatic carbocycles. The van der Waals surface area contributed by atoms with Gasteiger partial charge in [0.2, 0.25) is 11.1 Å². The molecule has 0 bridgehead atoms. The van der Waals surface area contributed by atoms with Crippen LogP contribution in [0.4, 0.5) is 0 Å². The van der Waals surface area contributed by atoms with E-state index in [2.05, 4.69) is 4.98 Å². The van der Waals surface area contributed by atoms with Crippen LogP contribution in [0.1, 0.15) is 6.42 Å². The maximum atomic E-state index is 10.4. The van der Waals surface area contributed by atoms with Gasteiger partial charge in [-0.15, -0.1) is 0 Å². The summed E-state index contributed by atoms with van der Waals surface area (Å²) in [7, 11) is 0. The first kappa shape index (κ1) is 11.6. The van der Waals surface area contributed by atoms with Crippen molar-refractivity contribution >= 4 is 40.0 Å². The molecule has 0 spiro atoms. The van der Waals surface area contributed by atoms with Crippen LogP contribution in [0.25, 0.3) is 0 Å². The lowest BCUT2D eigenvalue weighted by Gasteiger charge is -2.04. The molecule has 1 rings (SSSR count). The third-order valence-electron chi connectivity index (χ3n) is 1.31. The highest BCUT2D eigenvalue weighted by atomic mass is 35.5.